The van der Waals surface area contributed by atoms with E-state index in [1.165, 1.54) is 23.5 Å². The van der Waals surface area contributed by atoms with Gasteiger partial charge in [0.1, 0.15) is 13.2 Å². The van der Waals surface area contributed by atoms with Crippen molar-refractivity contribution in [2.24, 2.45) is 0 Å². The smallest absolute Gasteiger partial charge is 0.467 e. The van der Waals surface area contributed by atoms with Gasteiger partial charge in [0.25, 0.3) is 5.70 Å². The van der Waals surface area contributed by atoms with E-state index in [2.05, 4.69) is 44.3 Å². The zero-order valence-corrected chi connectivity index (χ0v) is 24.6. The van der Waals surface area contributed by atoms with Crippen molar-refractivity contribution in [2.75, 3.05) is 13.2 Å². The number of carbonyl (C=O) groups excluding carboxylic acids is 2. The minimum atomic E-state index is -0.742. The largest absolute Gasteiger partial charge is 1.00 e. The molecule has 0 unspecified atom stereocenters. The minimum absolute atomic E-state index is 0. The number of hydrogen-bond donors (Lipinski definition) is 0. The molecule has 2 rings (SSSR count). The summed E-state index contributed by atoms with van der Waals surface area (Å²) in [5, 5.41) is 0. The van der Waals surface area contributed by atoms with Gasteiger partial charge in [-0.3, -0.25) is 16.4 Å². The fourth-order valence-corrected chi connectivity index (χ4v) is 4.16. The molecular formula is C19H17K2NO4S2. The average molecular weight is 466 g/mol. The number of rotatable bonds is 5. The Hall–Kier alpha value is 1.10. The molecule has 0 spiro atoms. The summed E-state index contributed by atoms with van der Waals surface area (Å²) in [6.45, 7) is 16.6. The van der Waals surface area contributed by atoms with Crippen molar-refractivity contribution in [1.29, 1.82) is 0 Å². The Kier molecular flexibility index (Phi) is 14.0. The molecule has 0 aromatic heterocycles. The molecule has 1 aliphatic heterocycles. The molecule has 0 N–H and O–H groups in total. The number of fused-ring (bicyclic) bond motifs is 1. The molecular weight excluding hydrogens is 449 g/mol. The van der Waals surface area contributed by atoms with Crippen LogP contribution in [-0.2, 0) is 24.5 Å². The van der Waals surface area contributed by atoms with Crippen LogP contribution in [0.25, 0.3) is 4.85 Å². The number of benzene rings is 1. The second-order valence-corrected chi connectivity index (χ2v) is 8.49. The third-order valence-corrected chi connectivity index (χ3v) is 5.65. The van der Waals surface area contributed by atoms with Crippen LogP contribution in [-0.4, -0.2) is 25.2 Å². The molecule has 1 heterocycles. The molecule has 1 aliphatic rings. The molecule has 0 bridgehead atoms. The molecule has 1 aromatic carbocycles. The summed E-state index contributed by atoms with van der Waals surface area (Å²) >= 11 is 2.62. The Balaban J connectivity index is 0.00000364. The van der Waals surface area contributed by atoms with Gasteiger partial charge in [-0.2, -0.15) is 23.5 Å². The first-order valence-electron chi connectivity index (χ1n) is 7.68. The number of ether oxygens (including phenoxy) is 2. The van der Waals surface area contributed by atoms with Crippen molar-refractivity contribution in [1.82, 2.24) is 0 Å². The normalized spacial score (nSPS) is 13.8. The van der Waals surface area contributed by atoms with E-state index >= 15 is 0 Å². The van der Waals surface area contributed by atoms with Crippen molar-refractivity contribution >= 4 is 35.5 Å². The Bertz CT molecular complexity index is 826. The molecule has 0 radical (unpaired) electrons. The van der Waals surface area contributed by atoms with E-state index in [-0.39, 0.29) is 127 Å². The van der Waals surface area contributed by atoms with Crippen LogP contribution in [0, 0.1) is 18.7 Å². The van der Waals surface area contributed by atoms with Crippen molar-refractivity contribution in [3.63, 3.8) is 0 Å². The Morgan fingerprint density at radius 3 is 2.39 bits per heavy atom. The van der Waals surface area contributed by atoms with E-state index < -0.39 is 11.9 Å². The molecule has 1 aromatic rings. The van der Waals surface area contributed by atoms with Crippen LogP contribution in [0.4, 0.5) is 0 Å². The number of hydrogen-bond acceptors (Lipinski definition) is 6. The second-order valence-electron chi connectivity index (χ2n) is 6.20. The van der Waals surface area contributed by atoms with Crippen molar-refractivity contribution in [3.8, 4) is 0 Å². The van der Waals surface area contributed by atoms with E-state index in [4.69, 9.17) is 16.0 Å². The summed E-state index contributed by atoms with van der Waals surface area (Å²) in [5.41, 5.74) is 0.861. The molecule has 28 heavy (non-hydrogen) atoms. The van der Waals surface area contributed by atoms with Gasteiger partial charge in [0, 0.05) is 10.3 Å². The summed E-state index contributed by atoms with van der Waals surface area (Å²) < 4.78 is 10.3. The summed E-state index contributed by atoms with van der Waals surface area (Å²) in [5.74, 6) is -1.34. The van der Waals surface area contributed by atoms with Gasteiger partial charge in [-0.25, -0.2) is 19.4 Å². The average Bonchev–Trinajstić information content (AvgIpc) is 3.00. The number of esters is 2. The molecule has 136 valence electrons. The molecule has 9 heteroatoms. The van der Waals surface area contributed by atoms with Crippen LogP contribution in [0.15, 0.2) is 38.4 Å². The Morgan fingerprint density at radius 1 is 1.21 bits per heavy atom. The van der Waals surface area contributed by atoms with Crippen LogP contribution < -0.4 is 103 Å². The summed E-state index contributed by atoms with van der Waals surface area (Å²) in [4.78, 5) is 28.1. The van der Waals surface area contributed by atoms with Crippen molar-refractivity contribution in [2.45, 2.75) is 36.0 Å². The van der Waals surface area contributed by atoms with E-state index in [0.29, 0.717) is 4.24 Å². The van der Waals surface area contributed by atoms with Gasteiger partial charge < -0.3 is 21.6 Å². The van der Waals surface area contributed by atoms with Gasteiger partial charge >= 0.3 is 115 Å². The topological polar surface area (TPSA) is 57.0 Å². The standard InChI is InChI=1S/C19H17NO4S2.2K/c1-6-15(21)23-9-10-24-17(22)16(20-5)18-25-13-8-7-12(19(2,3)4)11-14(13)26-18;;/h6-7H,1,9-10H2,2-4H3;;/q-2;2*+1/b18-16-;;. The van der Waals surface area contributed by atoms with Crippen LogP contribution in [0.5, 0.6) is 0 Å². The Morgan fingerprint density at radius 2 is 1.82 bits per heavy atom. The maximum atomic E-state index is 12.2. The van der Waals surface area contributed by atoms with Gasteiger partial charge in [0.2, 0.25) is 0 Å². The van der Waals surface area contributed by atoms with Crippen LogP contribution >= 0.6 is 23.5 Å². The zero-order chi connectivity index (χ0) is 19.3. The monoisotopic (exact) mass is 465 g/mol. The molecule has 0 atom stereocenters. The minimum Gasteiger partial charge on any atom is -0.467 e. The number of nitrogens with zero attached hydrogens (tertiary/aromatic N) is 1. The maximum Gasteiger partial charge on any atom is 1.00 e. The molecule has 0 aliphatic carbocycles. The van der Waals surface area contributed by atoms with Gasteiger partial charge in [-0.05, 0) is 0 Å². The van der Waals surface area contributed by atoms with Gasteiger partial charge in [-0.1, -0.05) is 32.8 Å². The zero-order valence-electron chi connectivity index (χ0n) is 16.7. The molecule has 0 fully saturated rings. The number of thioether (sulfide) groups is 2. The molecule has 0 amide bonds. The van der Waals surface area contributed by atoms with Crippen LogP contribution in [0.2, 0.25) is 0 Å². The predicted octanol–water partition coefficient (Wildman–Crippen LogP) is -1.85. The molecule has 5 nitrogen and oxygen atoms in total. The molecule has 0 saturated carbocycles. The quantitative estimate of drug-likeness (QED) is 0.167. The number of carbonyl (C=O) groups is 2. The third-order valence-electron chi connectivity index (χ3n) is 3.23. The first-order valence-corrected chi connectivity index (χ1v) is 9.31. The summed E-state index contributed by atoms with van der Waals surface area (Å²) in [6.07, 6.45) is 1.02. The predicted molar refractivity (Wildman–Crippen MR) is 100 cm³/mol. The summed E-state index contributed by atoms with van der Waals surface area (Å²) in [7, 11) is 0. The van der Waals surface area contributed by atoms with Gasteiger partial charge in [0.05, 0.1) is 6.57 Å². The molecule has 0 saturated heterocycles. The van der Waals surface area contributed by atoms with Gasteiger partial charge in [0.15, 0.2) is 0 Å². The van der Waals surface area contributed by atoms with E-state index in [1.54, 1.807) is 0 Å². The Labute approximate surface area is 259 Å². The van der Waals surface area contributed by atoms with E-state index in [0.717, 1.165) is 21.4 Å². The van der Waals surface area contributed by atoms with Crippen molar-refractivity contribution < 1.29 is 122 Å². The van der Waals surface area contributed by atoms with E-state index in [9.17, 15) is 9.59 Å². The van der Waals surface area contributed by atoms with Crippen molar-refractivity contribution in [3.05, 3.63) is 57.8 Å². The van der Waals surface area contributed by atoms with Crippen LogP contribution in [0.3, 0.4) is 0 Å². The fraction of sp³-hybridized carbons (Fsp3) is 0.316. The maximum absolute atomic E-state index is 12.2. The van der Waals surface area contributed by atoms with Gasteiger partial charge in [-0.15, -0.1) is 0 Å². The van der Waals surface area contributed by atoms with Crippen LogP contribution in [0.1, 0.15) is 26.3 Å². The third kappa shape index (κ3) is 8.32. The first-order chi connectivity index (χ1) is 12.3. The van der Waals surface area contributed by atoms with E-state index in [1.807, 2.05) is 6.07 Å². The fourth-order valence-electron chi connectivity index (χ4n) is 1.85. The second kappa shape index (κ2) is 13.5. The first kappa shape index (κ1) is 29.1. The SMILES string of the molecule is [C-]#[N+]/C(C(=O)OCCOC(=O)C=C)=C1/Sc2[c-]cc(C(C)(C)C)[c-]c2S1.[K+].[K+]. The summed E-state index contributed by atoms with van der Waals surface area (Å²) in [6, 6.07) is 8.42.